The van der Waals surface area contributed by atoms with Crippen molar-refractivity contribution < 1.29 is 0 Å². The minimum atomic E-state index is 0.0925. The minimum Gasteiger partial charge on any atom is -0.262 e. The smallest absolute Gasteiger partial charge is 0.181 e. The van der Waals surface area contributed by atoms with Gasteiger partial charge in [0.05, 0.1) is 0 Å². The Bertz CT molecular complexity index is 533. The maximum Gasteiger partial charge on any atom is 0.181 e. The van der Waals surface area contributed by atoms with Crippen molar-refractivity contribution in [3.63, 3.8) is 0 Å². The summed E-state index contributed by atoms with van der Waals surface area (Å²) in [6.07, 6.45) is 0. The molecule has 18 heavy (non-hydrogen) atoms. The molecule has 3 heteroatoms. The highest BCUT2D eigenvalue weighted by Crippen LogP contribution is 2.31. The molecule has 0 atom stereocenters. The van der Waals surface area contributed by atoms with Crippen LogP contribution in [0.15, 0.2) is 24.3 Å². The molecule has 0 unspecified atom stereocenters. The molecule has 1 heterocycles. The minimum absolute atomic E-state index is 0.0925. The molecular weight excluding hydrogens is 222 g/mol. The Hall–Kier alpha value is -1.64. The van der Waals surface area contributed by atoms with E-state index in [9.17, 15) is 0 Å². The SMILES string of the molecule is CC(C)c1nc(-c2ccccc2C(C)(C)C)n[nH]1. The maximum atomic E-state index is 4.59. The molecule has 0 saturated heterocycles. The summed E-state index contributed by atoms with van der Waals surface area (Å²) < 4.78 is 0. The van der Waals surface area contributed by atoms with Crippen molar-refractivity contribution in [2.24, 2.45) is 0 Å². The van der Waals surface area contributed by atoms with Crippen LogP contribution in [0.5, 0.6) is 0 Å². The van der Waals surface area contributed by atoms with Gasteiger partial charge in [-0.1, -0.05) is 58.9 Å². The normalized spacial score (nSPS) is 12.1. The van der Waals surface area contributed by atoms with Crippen LogP contribution in [0.25, 0.3) is 11.4 Å². The van der Waals surface area contributed by atoms with Gasteiger partial charge in [0.1, 0.15) is 5.82 Å². The van der Waals surface area contributed by atoms with Crippen molar-refractivity contribution in [1.82, 2.24) is 15.2 Å². The first-order chi connectivity index (χ1) is 8.39. The number of hydrogen-bond donors (Lipinski definition) is 1. The molecule has 0 aliphatic rings. The Morgan fingerprint density at radius 2 is 1.78 bits per heavy atom. The summed E-state index contributed by atoms with van der Waals surface area (Å²) in [5.41, 5.74) is 2.49. The van der Waals surface area contributed by atoms with Crippen molar-refractivity contribution in [1.29, 1.82) is 0 Å². The van der Waals surface area contributed by atoms with Gasteiger partial charge in [-0.3, -0.25) is 5.10 Å². The molecule has 1 aromatic heterocycles. The molecule has 0 fully saturated rings. The predicted octanol–water partition coefficient (Wildman–Crippen LogP) is 3.89. The van der Waals surface area contributed by atoms with Crippen LogP contribution in [0.3, 0.4) is 0 Å². The second-order valence-electron chi connectivity index (χ2n) is 5.99. The molecule has 2 rings (SSSR count). The van der Waals surface area contributed by atoms with Crippen LogP contribution in [0.2, 0.25) is 0 Å². The predicted molar refractivity (Wildman–Crippen MR) is 74.6 cm³/mol. The standard InChI is InChI=1S/C15H21N3/c1-10(2)13-16-14(18-17-13)11-8-6-7-9-12(11)15(3,4)5/h6-10H,1-5H3,(H,16,17,18). The first kappa shape index (κ1) is 12.8. The van der Waals surface area contributed by atoms with E-state index in [0.29, 0.717) is 5.92 Å². The summed E-state index contributed by atoms with van der Waals surface area (Å²) in [5.74, 6) is 2.10. The van der Waals surface area contributed by atoms with Crippen LogP contribution in [0.1, 0.15) is 51.9 Å². The van der Waals surface area contributed by atoms with Crippen molar-refractivity contribution in [3.05, 3.63) is 35.7 Å². The van der Waals surface area contributed by atoms with E-state index in [1.807, 2.05) is 6.07 Å². The fourth-order valence-corrected chi connectivity index (χ4v) is 1.99. The van der Waals surface area contributed by atoms with Gasteiger partial charge in [0.25, 0.3) is 0 Å². The van der Waals surface area contributed by atoms with Gasteiger partial charge in [0, 0.05) is 11.5 Å². The molecule has 0 aliphatic heterocycles. The van der Waals surface area contributed by atoms with Gasteiger partial charge < -0.3 is 0 Å². The summed E-state index contributed by atoms with van der Waals surface area (Å²) in [7, 11) is 0. The van der Waals surface area contributed by atoms with Gasteiger partial charge >= 0.3 is 0 Å². The monoisotopic (exact) mass is 243 g/mol. The second kappa shape index (κ2) is 4.56. The molecule has 0 radical (unpaired) electrons. The van der Waals surface area contributed by atoms with Crippen LogP contribution < -0.4 is 0 Å². The van der Waals surface area contributed by atoms with Gasteiger partial charge in [-0.15, -0.1) is 0 Å². The van der Waals surface area contributed by atoms with Crippen LogP contribution in [0, 0.1) is 0 Å². The van der Waals surface area contributed by atoms with Crippen LogP contribution in [-0.4, -0.2) is 15.2 Å². The Balaban J connectivity index is 2.50. The second-order valence-corrected chi connectivity index (χ2v) is 5.99. The fraction of sp³-hybridized carbons (Fsp3) is 0.467. The number of nitrogens with zero attached hydrogens (tertiary/aromatic N) is 2. The summed E-state index contributed by atoms with van der Waals surface area (Å²) in [6.45, 7) is 10.9. The molecule has 0 amide bonds. The van der Waals surface area contributed by atoms with E-state index in [0.717, 1.165) is 17.2 Å². The lowest BCUT2D eigenvalue weighted by molar-refractivity contribution is 0.591. The zero-order valence-corrected chi connectivity index (χ0v) is 11.8. The molecule has 0 bridgehead atoms. The molecule has 2 aromatic rings. The average Bonchev–Trinajstić information content (AvgIpc) is 2.77. The number of nitrogens with one attached hydrogen (secondary N) is 1. The van der Waals surface area contributed by atoms with Crippen LogP contribution in [-0.2, 0) is 5.41 Å². The fourth-order valence-electron chi connectivity index (χ4n) is 1.99. The molecule has 1 N–H and O–H groups in total. The van der Waals surface area contributed by atoms with Gasteiger partial charge in [0.15, 0.2) is 5.82 Å². The zero-order chi connectivity index (χ0) is 13.3. The molecule has 3 nitrogen and oxygen atoms in total. The highest BCUT2D eigenvalue weighted by Gasteiger charge is 2.20. The molecule has 96 valence electrons. The summed E-state index contributed by atoms with van der Waals surface area (Å²) >= 11 is 0. The van der Waals surface area contributed by atoms with Gasteiger partial charge in [-0.2, -0.15) is 5.10 Å². The van der Waals surface area contributed by atoms with Crippen molar-refractivity contribution in [2.75, 3.05) is 0 Å². The Kier molecular flexibility index (Phi) is 3.24. The van der Waals surface area contributed by atoms with E-state index < -0.39 is 0 Å². The number of H-pyrrole nitrogens is 1. The van der Waals surface area contributed by atoms with Crippen molar-refractivity contribution >= 4 is 0 Å². The third-order valence-corrected chi connectivity index (χ3v) is 3.03. The lowest BCUT2D eigenvalue weighted by atomic mass is 9.83. The molecule has 1 aromatic carbocycles. The number of aromatic nitrogens is 3. The molecule has 0 saturated carbocycles. The first-order valence-corrected chi connectivity index (χ1v) is 6.42. The average molecular weight is 243 g/mol. The lowest BCUT2D eigenvalue weighted by Gasteiger charge is -2.21. The topological polar surface area (TPSA) is 41.6 Å². The van der Waals surface area contributed by atoms with E-state index in [2.05, 4.69) is 68.0 Å². The highest BCUT2D eigenvalue weighted by molar-refractivity contribution is 5.61. The third kappa shape index (κ3) is 2.45. The Morgan fingerprint density at radius 3 is 2.33 bits per heavy atom. The number of rotatable bonds is 2. The Labute approximate surface area is 109 Å². The first-order valence-electron chi connectivity index (χ1n) is 6.42. The highest BCUT2D eigenvalue weighted by atomic mass is 15.2. The van der Waals surface area contributed by atoms with Crippen LogP contribution >= 0.6 is 0 Å². The summed E-state index contributed by atoms with van der Waals surface area (Å²) in [4.78, 5) is 4.59. The van der Waals surface area contributed by atoms with Crippen molar-refractivity contribution in [2.45, 2.75) is 46.0 Å². The lowest BCUT2D eigenvalue weighted by Crippen LogP contribution is -2.12. The van der Waals surface area contributed by atoms with Gasteiger partial charge in [-0.05, 0) is 11.0 Å². The third-order valence-electron chi connectivity index (χ3n) is 3.03. The molecule has 0 spiro atoms. The summed E-state index contributed by atoms with van der Waals surface area (Å²) in [6, 6.07) is 8.35. The van der Waals surface area contributed by atoms with E-state index in [4.69, 9.17) is 0 Å². The van der Waals surface area contributed by atoms with E-state index >= 15 is 0 Å². The van der Waals surface area contributed by atoms with Gasteiger partial charge in [0.2, 0.25) is 0 Å². The number of aromatic amines is 1. The summed E-state index contributed by atoms with van der Waals surface area (Å²) in [5, 5.41) is 7.37. The Morgan fingerprint density at radius 1 is 1.11 bits per heavy atom. The largest absolute Gasteiger partial charge is 0.262 e. The van der Waals surface area contributed by atoms with E-state index in [1.54, 1.807) is 0 Å². The van der Waals surface area contributed by atoms with Gasteiger partial charge in [-0.25, -0.2) is 4.98 Å². The quantitative estimate of drug-likeness (QED) is 0.869. The molecular formula is C15H21N3. The van der Waals surface area contributed by atoms with E-state index in [1.165, 1.54) is 5.56 Å². The van der Waals surface area contributed by atoms with Crippen molar-refractivity contribution in [3.8, 4) is 11.4 Å². The number of hydrogen-bond acceptors (Lipinski definition) is 2. The molecule has 0 aliphatic carbocycles. The zero-order valence-electron chi connectivity index (χ0n) is 11.8. The maximum absolute atomic E-state index is 4.59. The number of benzene rings is 1. The van der Waals surface area contributed by atoms with Crippen LogP contribution in [0.4, 0.5) is 0 Å². The van der Waals surface area contributed by atoms with E-state index in [-0.39, 0.29) is 5.41 Å².